The van der Waals surface area contributed by atoms with Crippen LogP contribution in [0.15, 0.2) is 42.6 Å². The molecule has 0 unspecified atom stereocenters. The highest BCUT2D eigenvalue weighted by Crippen LogP contribution is 2.07. The third-order valence-electron chi connectivity index (χ3n) is 3.76. The molecule has 0 bridgehead atoms. The molecule has 0 spiro atoms. The van der Waals surface area contributed by atoms with Gasteiger partial charge < -0.3 is 26.6 Å². The summed E-state index contributed by atoms with van der Waals surface area (Å²) in [6.07, 6.45) is 1.57. The van der Waals surface area contributed by atoms with E-state index in [0.29, 0.717) is 0 Å². The van der Waals surface area contributed by atoms with Crippen LogP contribution in [0, 0.1) is 0 Å². The van der Waals surface area contributed by atoms with E-state index in [1.54, 1.807) is 0 Å². The Balaban J connectivity index is 0.000000367. The van der Waals surface area contributed by atoms with Crippen molar-refractivity contribution >= 4 is 47.3 Å². The Morgan fingerprint density at radius 1 is 1.10 bits per heavy atom. The van der Waals surface area contributed by atoms with Crippen LogP contribution in [-0.4, -0.2) is 63.3 Å². The van der Waals surface area contributed by atoms with Crippen molar-refractivity contribution in [1.29, 1.82) is 0 Å². The van der Waals surface area contributed by atoms with Gasteiger partial charge in [-0.2, -0.15) is 12.6 Å². The molecule has 10 nitrogen and oxygen atoms in total. The Labute approximate surface area is 178 Å². The fraction of sp³-hybridized carbons (Fsp3) is 0.316. The van der Waals surface area contributed by atoms with Crippen molar-refractivity contribution in [3.63, 3.8) is 0 Å². The number of carbonyl (C=O) groups excluding carboxylic acids is 2. The van der Waals surface area contributed by atoms with Gasteiger partial charge in [0, 0.05) is 23.8 Å². The van der Waals surface area contributed by atoms with Crippen LogP contribution in [0.1, 0.15) is 12.8 Å². The molecular weight excluding hydrogens is 412 g/mol. The monoisotopic (exact) mass is 436 g/mol. The number of aromatic nitrogens is 1. The molecule has 1 aromatic heterocycles. The summed E-state index contributed by atoms with van der Waals surface area (Å²) >= 11 is 3.87. The number of fused-ring (bicyclic) bond motifs is 1. The molecule has 11 heteroatoms. The summed E-state index contributed by atoms with van der Waals surface area (Å²) < 4.78 is 0. The number of aliphatic carboxylic acids is 2. The lowest BCUT2D eigenvalue weighted by Gasteiger charge is -2.16. The van der Waals surface area contributed by atoms with E-state index in [-0.39, 0.29) is 18.6 Å². The molecule has 1 aromatic carbocycles. The van der Waals surface area contributed by atoms with E-state index < -0.39 is 42.4 Å². The van der Waals surface area contributed by atoms with Gasteiger partial charge in [-0.05, 0) is 18.6 Å². The molecule has 0 fully saturated rings. The van der Waals surface area contributed by atoms with E-state index in [2.05, 4.69) is 40.4 Å². The maximum atomic E-state index is 11.5. The van der Waals surface area contributed by atoms with E-state index >= 15 is 0 Å². The lowest BCUT2D eigenvalue weighted by molar-refractivity contribution is -0.139. The van der Waals surface area contributed by atoms with Crippen LogP contribution in [0.2, 0.25) is 0 Å². The Bertz CT molecular complexity index is 813. The minimum absolute atomic E-state index is 0.0256. The second kappa shape index (κ2) is 13.1. The molecule has 1 heterocycles. The Morgan fingerprint density at radius 2 is 1.77 bits per heavy atom. The van der Waals surface area contributed by atoms with E-state index in [4.69, 9.17) is 15.9 Å². The van der Waals surface area contributed by atoms with Gasteiger partial charge in [-0.15, -0.1) is 0 Å². The Hall–Kier alpha value is -3.18. The maximum absolute atomic E-state index is 11.5. The third-order valence-corrected chi connectivity index (χ3v) is 4.13. The largest absolute Gasteiger partial charge is 0.480 e. The number of para-hydroxylation sites is 1. The number of nitrogens with zero attached hydrogens (tertiary/aromatic N) is 1. The Kier molecular flexibility index (Phi) is 10.9. The number of amides is 2. The van der Waals surface area contributed by atoms with Gasteiger partial charge in [-0.3, -0.25) is 24.2 Å². The first-order valence-corrected chi connectivity index (χ1v) is 9.55. The van der Waals surface area contributed by atoms with Gasteiger partial charge in [0.1, 0.15) is 18.6 Å². The number of thiol groups is 1. The maximum Gasteiger partial charge on any atom is 0.322 e. The van der Waals surface area contributed by atoms with Crippen molar-refractivity contribution in [2.24, 2.45) is 5.73 Å². The number of rotatable bonds is 9. The number of nitrogens with one attached hydrogen (secondary N) is 2. The smallest absolute Gasteiger partial charge is 0.322 e. The molecule has 2 aromatic rings. The molecule has 0 saturated carbocycles. The summed E-state index contributed by atoms with van der Waals surface area (Å²) in [6.45, 7) is -0.567. The molecule has 0 saturated heterocycles. The van der Waals surface area contributed by atoms with Crippen LogP contribution in [0.3, 0.4) is 0 Å². The fourth-order valence-electron chi connectivity index (χ4n) is 2.17. The van der Waals surface area contributed by atoms with E-state index in [0.717, 1.165) is 5.52 Å². The van der Waals surface area contributed by atoms with Crippen LogP contribution in [-0.2, 0) is 19.2 Å². The van der Waals surface area contributed by atoms with E-state index in [1.807, 2.05) is 30.5 Å². The van der Waals surface area contributed by atoms with Crippen molar-refractivity contribution in [3.8, 4) is 0 Å². The van der Waals surface area contributed by atoms with Crippen molar-refractivity contribution < 1.29 is 29.4 Å². The van der Waals surface area contributed by atoms with E-state index in [9.17, 15) is 19.2 Å². The zero-order valence-electron chi connectivity index (χ0n) is 16.0. The zero-order valence-corrected chi connectivity index (χ0v) is 16.9. The van der Waals surface area contributed by atoms with Gasteiger partial charge in [-0.1, -0.05) is 24.3 Å². The second-order valence-corrected chi connectivity index (χ2v) is 6.46. The van der Waals surface area contributed by atoms with Gasteiger partial charge in [0.25, 0.3) is 0 Å². The fourth-order valence-corrected chi connectivity index (χ4v) is 2.43. The highest BCUT2D eigenvalue weighted by molar-refractivity contribution is 7.80. The first kappa shape index (κ1) is 24.9. The van der Waals surface area contributed by atoms with Crippen molar-refractivity contribution in [2.45, 2.75) is 24.9 Å². The number of hydrogen-bond acceptors (Lipinski definition) is 7. The average Bonchev–Trinajstić information content (AvgIpc) is 2.74. The van der Waals surface area contributed by atoms with Gasteiger partial charge >= 0.3 is 11.9 Å². The molecule has 2 rings (SSSR count). The van der Waals surface area contributed by atoms with Crippen molar-refractivity contribution in [3.05, 3.63) is 42.6 Å². The minimum Gasteiger partial charge on any atom is -0.480 e. The standard InChI is InChI=1S/C10H17N3O6S.C9H7N/c11-5(10(18)19)1-2-7(14)13-6(4-20)9(17)12-3-8(15)16;1-2-6-9-8(4-1)5-3-7-10-9/h5-6,20H,1-4,11H2,(H,12,17)(H,13,14)(H,15,16)(H,18,19);1-7H/t5-,6-;/m0./s1. The van der Waals surface area contributed by atoms with Gasteiger partial charge in [0.2, 0.25) is 11.8 Å². The van der Waals surface area contributed by atoms with Crippen LogP contribution in [0.25, 0.3) is 10.9 Å². The lowest BCUT2D eigenvalue weighted by Crippen LogP contribution is -2.49. The summed E-state index contributed by atoms with van der Waals surface area (Å²) in [7, 11) is 0. The number of carbonyl (C=O) groups is 4. The summed E-state index contributed by atoms with van der Waals surface area (Å²) in [5.74, 6) is -3.70. The van der Waals surface area contributed by atoms with Crippen LogP contribution in [0.4, 0.5) is 0 Å². The topological polar surface area (TPSA) is 172 Å². The number of nitrogens with two attached hydrogens (primary N) is 1. The van der Waals surface area contributed by atoms with Gasteiger partial charge in [0.05, 0.1) is 5.52 Å². The number of pyridine rings is 1. The van der Waals surface area contributed by atoms with Crippen LogP contribution in [0.5, 0.6) is 0 Å². The minimum atomic E-state index is -1.22. The zero-order chi connectivity index (χ0) is 22.5. The SMILES string of the molecule is N[C@@H](CCC(=O)N[C@@H](CS)C(=O)NCC(=O)O)C(=O)O.c1ccc2ncccc2c1. The molecule has 2 amide bonds. The molecule has 0 aliphatic rings. The number of benzene rings is 1. The second-order valence-electron chi connectivity index (χ2n) is 6.09. The quantitative estimate of drug-likeness (QED) is 0.299. The molecule has 0 aliphatic carbocycles. The van der Waals surface area contributed by atoms with E-state index in [1.165, 1.54) is 5.39 Å². The van der Waals surface area contributed by atoms with Crippen molar-refractivity contribution in [2.75, 3.05) is 12.3 Å². The predicted molar refractivity (Wildman–Crippen MR) is 113 cm³/mol. The molecular formula is C19H24N4O6S. The third kappa shape index (κ3) is 9.34. The lowest BCUT2D eigenvalue weighted by atomic mass is 10.1. The highest BCUT2D eigenvalue weighted by Gasteiger charge is 2.20. The van der Waals surface area contributed by atoms with Gasteiger partial charge in [-0.25, -0.2) is 0 Å². The molecule has 30 heavy (non-hydrogen) atoms. The first-order chi connectivity index (χ1) is 14.2. The molecule has 2 atom stereocenters. The van der Waals surface area contributed by atoms with Crippen LogP contribution >= 0.6 is 12.6 Å². The highest BCUT2D eigenvalue weighted by atomic mass is 32.1. The molecule has 162 valence electrons. The van der Waals surface area contributed by atoms with Gasteiger partial charge in [0.15, 0.2) is 0 Å². The summed E-state index contributed by atoms with van der Waals surface area (Å²) in [6, 6.07) is 9.93. The Morgan fingerprint density at radius 3 is 2.37 bits per heavy atom. The summed E-state index contributed by atoms with van der Waals surface area (Å²) in [5.41, 5.74) is 6.29. The summed E-state index contributed by atoms with van der Waals surface area (Å²) in [5, 5.41) is 22.6. The predicted octanol–water partition coefficient (Wildman–Crippen LogP) is 0.0287. The molecule has 0 aliphatic heterocycles. The molecule has 6 N–H and O–H groups in total. The number of hydrogen-bond donors (Lipinski definition) is 6. The first-order valence-electron chi connectivity index (χ1n) is 8.92. The van der Waals surface area contributed by atoms with Crippen LogP contribution < -0.4 is 16.4 Å². The normalized spacial score (nSPS) is 12.1. The number of carboxylic acids is 2. The molecule has 0 radical (unpaired) electrons. The number of carboxylic acid groups (broad SMARTS) is 2. The summed E-state index contributed by atoms with van der Waals surface area (Å²) in [4.78, 5) is 47.9. The van der Waals surface area contributed by atoms with Crippen molar-refractivity contribution in [1.82, 2.24) is 15.6 Å². The average molecular weight is 436 g/mol.